The van der Waals surface area contributed by atoms with Gasteiger partial charge in [0.25, 0.3) is 0 Å². The molecule has 114 valence electrons. The summed E-state index contributed by atoms with van der Waals surface area (Å²) in [5, 5.41) is 18.3. The number of benzene rings is 2. The highest BCUT2D eigenvalue weighted by Crippen LogP contribution is 2.14. The Hall–Kier alpha value is -2.40. The van der Waals surface area contributed by atoms with Crippen LogP contribution in [0.25, 0.3) is 11.0 Å². The van der Waals surface area contributed by atoms with Gasteiger partial charge >= 0.3 is 0 Å². The summed E-state index contributed by atoms with van der Waals surface area (Å²) < 4.78 is 7.31. The van der Waals surface area contributed by atoms with E-state index in [4.69, 9.17) is 4.74 Å². The van der Waals surface area contributed by atoms with Gasteiger partial charge in [-0.2, -0.15) is 0 Å². The molecule has 1 aromatic heterocycles. The molecule has 0 saturated carbocycles. The van der Waals surface area contributed by atoms with E-state index in [2.05, 4.69) is 17.2 Å². The number of aliphatic hydroxyl groups is 1. The summed E-state index contributed by atoms with van der Waals surface area (Å²) in [6.07, 6.45) is 0.360. The topological polar surface area (TPSA) is 60.2 Å². The molecule has 1 atom stereocenters. The SMILES string of the molecule is CCc1ccc(OCC(O)Cn2nnc3ccccc32)cc1. The van der Waals surface area contributed by atoms with Crippen molar-refractivity contribution in [1.29, 1.82) is 0 Å². The Balaban J connectivity index is 1.59. The Morgan fingerprint density at radius 3 is 2.68 bits per heavy atom. The Morgan fingerprint density at radius 1 is 1.14 bits per heavy atom. The molecule has 0 spiro atoms. The summed E-state index contributed by atoms with van der Waals surface area (Å²) in [6.45, 7) is 2.69. The molecule has 1 heterocycles. The number of hydrogen-bond donors (Lipinski definition) is 1. The zero-order valence-corrected chi connectivity index (χ0v) is 12.5. The van der Waals surface area contributed by atoms with E-state index < -0.39 is 6.10 Å². The van der Waals surface area contributed by atoms with Crippen molar-refractivity contribution in [1.82, 2.24) is 15.0 Å². The van der Waals surface area contributed by atoms with Gasteiger partial charge in [0.1, 0.15) is 24.0 Å². The van der Waals surface area contributed by atoms with Crippen molar-refractivity contribution in [3.63, 3.8) is 0 Å². The Morgan fingerprint density at radius 2 is 1.91 bits per heavy atom. The molecule has 5 nitrogen and oxygen atoms in total. The second kappa shape index (κ2) is 6.58. The van der Waals surface area contributed by atoms with Gasteiger partial charge in [-0.25, -0.2) is 4.68 Å². The molecule has 0 saturated heterocycles. The highest BCUT2D eigenvalue weighted by molar-refractivity contribution is 5.73. The molecule has 22 heavy (non-hydrogen) atoms. The Labute approximate surface area is 129 Å². The Kier molecular flexibility index (Phi) is 4.34. The van der Waals surface area contributed by atoms with Crippen LogP contribution in [0.5, 0.6) is 5.75 Å². The van der Waals surface area contributed by atoms with Crippen LogP contribution in [0.4, 0.5) is 0 Å². The average Bonchev–Trinajstić information content (AvgIpc) is 2.97. The standard InChI is InChI=1S/C17H19N3O2/c1-2-13-7-9-15(10-8-13)22-12-14(21)11-20-17-6-4-3-5-16(17)18-19-20/h3-10,14,21H,2,11-12H2,1H3. The number of para-hydroxylation sites is 1. The third kappa shape index (κ3) is 3.26. The second-order valence-corrected chi connectivity index (χ2v) is 5.22. The first kappa shape index (κ1) is 14.5. The lowest BCUT2D eigenvalue weighted by Crippen LogP contribution is -2.24. The third-order valence-electron chi connectivity index (χ3n) is 3.58. The number of hydrogen-bond acceptors (Lipinski definition) is 4. The lowest BCUT2D eigenvalue weighted by atomic mass is 10.2. The maximum absolute atomic E-state index is 10.1. The molecule has 0 aliphatic heterocycles. The molecule has 1 unspecified atom stereocenters. The number of aryl methyl sites for hydroxylation is 1. The minimum atomic E-state index is -0.643. The van der Waals surface area contributed by atoms with E-state index in [-0.39, 0.29) is 6.61 Å². The monoisotopic (exact) mass is 297 g/mol. The van der Waals surface area contributed by atoms with E-state index in [1.54, 1.807) is 4.68 Å². The predicted molar refractivity (Wildman–Crippen MR) is 84.8 cm³/mol. The van der Waals surface area contributed by atoms with Crippen molar-refractivity contribution in [2.24, 2.45) is 0 Å². The van der Waals surface area contributed by atoms with Gasteiger partial charge in [-0.05, 0) is 36.2 Å². The molecule has 3 rings (SSSR count). The van der Waals surface area contributed by atoms with E-state index in [1.807, 2.05) is 48.5 Å². The quantitative estimate of drug-likeness (QED) is 0.759. The number of nitrogens with zero attached hydrogens (tertiary/aromatic N) is 3. The lowest BCUT2D eigenvalue weighted by Gasteiger charge is -2.13. The molecular weight excluding hydrogens is 278 g/mol. The summed E-state index contributed by atoms with van der Waals surface area (Å²) in [4.78, 5) is 0. The number of fused-ring (bicyclic) bond motifs is 1. The van der Waals surface area contributed by atoms with Crippen LogP contribution in [0.2, 0.25) is 0 Å². The van der Waals surface area contributed by atoms with Crippen LogP contribution in [-0.4, -0.2) is 32.8 Å². The highest BCUT2D eigenvalue weighted by atomic mass is 16.5. The maximum Gasteiger partial charge on any atom is 0.119 e. The second-order valence-electron chi connectivity index (χ2n) is 5.22. The van der Waals surface area contributed by atoms with Gasteiger partial charge in [0.15, 0.2) is 0 Å². The van der Waals surface area contributed by atoms with E-state index in [0.29, 0.717) is 6.54 Å². The fourth-order valence-electron chi connectivity index (χ4n) is 2.32. The fraction of sp³-hybridized carbons (Fsp3) is 0.294. The van der Waals surface area contributed by atoms with Crippen LogP contribution in [0.3, 0.4) is 0 Å². The van der Waals surface area contributed by atoms with E-state index in [9.17, 15) is 5.11 Å². The van der Waals surface area contributed by atoms with E-state index in [1.165, 1.54) is 5.56 Å². The van der Waals surface area contributed by atoms with Gasteiger partial charge in [0.05, 0.1) is 12.1 Å². The summed E-state index contributed by atoms with van der Waals surface area (Å²) in [5.41, 5.74) is 3.00. The van der Waals surface area contributed by atoms with Crippen molar-refractivity contribution in [3.8, 4) is 5.75 Å². The smallest absolute Gasteiger partial charge is 0.119 e. The predicted octanol–water partition coefficient (Wildman–Crippen LogP) is 2.43. The molecular formula is C17H19N3O2. The van der Waals surface area contributed by atoms with Gasteiger partial charge in [0, 0.05) is 0 Å². The van der Waals surface area contributed by atoms with Crippen LogP contribution >= 0.6 is 0 Å². The van der Waals surface area contributed by atoms with Gasteiger partial charge in [-0.1, -0.05) is 36.4 Å². The molecule has 2 aromatic carbocycles. The Bertz CT molecular complexity index is 737. The van der Waals surface area contributed by atoms with Crippen molar-refractivity contribution in [2.75, 3.05) is 6.61 Å². The normalized spacial score (nSPS) is 12.5. The van der Waals surface area contributed by atoms with Crippen molar-refractivity contribution >= 4 is 11.0 Å². The van der Waals surface area contributed by atoms with Crippen LogP contribution in [0, 0.1) is 0 Å². The first-order valence-electron chi connectivity index (χ1n) is 7.44. The van der Waals surface area contributed by atoms with E-state index >= 15 is 0 Å². The lowest BCUT2D eigenvalue weighted by molar-refractivity contribution is 0.0899. The molecule has 0 bridgehead atoms. The number of aromatic nitrogens is 3. The zero-order valence-electron chi connectivity index (χ0n) is 12.5. The van der Waals surface area contributed by atoms with Crippen molar-refractivity contribution in [2.45, 2.75) is 26.0 Å². The first-order valence-corrected chi connectivity index (χ1v) is 7.44. The fourth-order valence-corrected chi connectivity index (χ4v) is 2.32. The molecule has 0 amide bonds. The molecule has 3 aromatic rings. The van der Waals surface area contributed by atoms with Crippen LogP contribution in [0.1, 0.15) is 12.5 Å². The van der Waals surface area contributed by atoms with E-state index in [0.717, 1.165) is 23.2 Å². The van der Waals surface area contributed by atoms with Crippen molar-refractivity contribution in [3.05, 3.63) is 54.1 Å². The summed E-state index contributed by atoms with van der Waals surface area (Å²) in [7, 11) is 0. The maximum atomic E-state index is 10.1. The van der Waals surface area contributed by atoms with Gasteiger partial charge in [-0.15, -0.1) is 5.10 Å². The van der Waals surface area contributed by atoms with Gasteiger partial charge < -0.3 is 9.84 Å². The molecule has 0 aliphatic rings. The molecule has 0 aliphatic carbocycles. The van der Waals surface area contributed by atoms with Gasteiger partial charge in [0.2, 0.25) is 0 Å². The van der Waals surface area contributed by atoms with Crippen LogP contribution in [-0.2, 0) is 13.0 Å². The van der Waals surface area contributed by atoms with Crippen LogP contribution < -0.4 is 4.74 Å². The van der Waals surface area contributed by atoms with Gasteiger partial charge in [-0.3, -0.25) is 0 Å². The van der Waals surface area contributed by atoms with Crippen LogP contribution in [0.15, 0.2) is 48.5 Å². The molecule has 1 N–H and O–H groups in total. The number of ether oxygens (including phenoxy) is 1. The minimum absolute atomic E-state index is 0.222. The number of rotatable bonds is 6. The van der Waals surface area contributed by atoms with Crippen molar-refractivity contribution < 1.29 is 9.84 Å². The largest absolute Gasteiger partial charge is 0.491 e. The molecule has 5 heteroatoms. The summed E-state index contributed by atoms with van der Waals surface area (Å²) in [6, 6.07) is 15.6. The molecule has 0 fully saturated rings. The zero-order chi connectivity index (χ0) is 15.4. The highest BCUT2D eigenvalue weighted by Gasteiger charge is 2.10. The average molecular weight is 297 g/mol. The summed E-state index contributed by atoms with van der Waals surface area (Å²) in [5.74, 6) is 0.764. The molecule has 0 radical (unpaired) electrons. The first-order chi connectivity index (χ1) is 10.8. The minimum Gasteiger partial charge on any atom is -0.491 e. The summed E-state index contributed by atoms with van der Waals surface area (Å²) >= 11 is 0. The third-order valence-corrected chi connectivity index (χ3v) is 3.58. The number of aliphatic hydroxyl groups excluding tert-OH is 1.